The Morgan fingerprint density at radius 1 is 0.976 bits per heavy atom. The molecule has 0 spiro atoms. The number of nitrogens with zero attached hydrogens (tertiary/aromatic N) is 1. The fourth-order valence-electron chi connectivity index (χ4n) is 4.52. The Labute approximate surface area is 241 Å². The predicted octanol–water partition coefficient (Wildman–Crippen LogP) is 2.44. The standard InChI is InChI=1S/C28H37F3N4O7/c1-4-19(23(38)28(29,30)31)33-26(41)20-8-7-15-35(20)27(42)22(16(2)3)34-25(40)18-12-10-17(11-13-18)24(39)32-14-6-5-9-21(36)37/h10-13,16,19-20,22H,4-9,14-15H2,1-3H3,(H,32,39)(H,33,41)(H,34,40)(H,36,37)/t19?,20-,22?/m0/s1. The highest BCUT2D eigenvalue weighted by Crippen LogP contribution is 2.23. The maximum absolute atomic E-state index is 13.4. The largest absolute Gasteiger partial charge is 0.481 e. The second kappa shape index (κ2) is 15.3. The van der Waals surface area contributed by atoms with Gasteiger partial charge in [-0.1, -0.05) is 20.8 Å². The summed E-state index contributed by atoms with van der Waals surface area (Å²) >= 11 is 0. The normalized spacial score (nSPS) is 16.5. The van der Waals surface area contributed by atoms with Crippen LogP contribution in [0.1, 0.15) is 80.0 Å². The molecule has 1 aliphatic rings. The summed E-state index contributed by atoms with van der Waals surface area (Å²) in [5.41, 5.74) is 0.445. The zero-order valence-corrected chi connectivity index (χ0v) is 23.8. The maximum Gasteiger partial charge on any atom is 0.452 e. The van der Waals surface area contributed by atoms with Crippen LogP contribution in [0.2, 0.25) is 0 Å². The average molecular weight is 599 g/mol. The zero-order valence-electron chi connectivity index (χ0n) is 23.8. The van der Waals surface area contributed by atoms with Crippen LogP contribution in [0.4, 0.5) is 13.2 Å². The number of nitrogens with one attached hydrogen (secondary N) is 3. The zero-order chi connectivity index (χ0) is 31.6. The molecule has 0 bridgehead atoms. The van der Waals surface area contributed by atoms with Crippen LogP contribution in [0, 0.1) is 5.92 Å². The molecular weight excluding hydrogens is 561 g/mol. The van der Waals surface area contributed by atoms with Crippen molar-refractivity contribution in [1.82, 2.24) is 20.9 Å². The van der Waals surface area contributed by atoms with Gasteiger partial charge in [0.05, 0.1) is 6.04 Å². The van der Waals surface area contributed by atoms with Crippen molar-refractivity contribution in [2.45, 2.75) is 83.6 Å². The minimum absolute atomic E-state index is 0.00740. The van der Waals surface area contributed by atoms with Crippen LogP contribution in [-0.2, 0) is 19.2 Å². The highest BCUT2D eigenvalue weighted by atomic mass is 19.4. The number of benzene rings is 1. The van der Waals surface area contributed by atoms with E-state index in [-0.39, 0.29) is 36.9 Å². The van der Waals surface area contributed by atoms with Crippen molar-refractivity contribution in [3.63, 3.8) is 0 Å². The molecule has 42 heavy (non-hydrogen) atoms. The van der Waals surface area contributed by atoms with Gasteiger partial charge in [-0.3, -0.25) is 28.8 Å². The molecule has 1 heterocycles. The number of halogens is 3. The van der Waals surface area contributed by atoms with Gasteiger partial charge < -0.3 is 26.0 Å². The molecule has 1 aromatic rings. The lowest BCUT2D eigenvalue weighted by molar-refractivity contribution is -0.174. The first-order valence-corrected chi connectivity index (χ1v) is 13.8. The topological polar surface area (TPSA) is 162 Å². The van der Waals surface area contributed by atoms with Crippen LogP contribution in [0.15, 0.2) is 24.3 Å². The van der Waals surface area contributed by atoms with E-state index in [9.17, 15) is 41.9 Å². The number of Topliss-reactive ketones (excluding diaryl/α,β-unsaturated/α-hetero) is 1. The van der Waals surface area contributed by atoms with E-state index in [1.54, 1.807) is 13.8 Å². The number of aliphatic carboxylic acids is 1. The van der Waals surface area contributed by atoms with Crippen LogP contribution >= 0.6 is 0 Å². The van der Waals surface area contributed by atoms with Crippen molar-refractivity contribution in [1.29, 1.82) is 0 Å². The van der Waals surface area contributed by atoms with Gasteiger partial charge in [-0.2, -0.15) is 13.2 Å². The summed E-state index contributed by atoms with van der Waals surface area (Å²) in [4.78, 5) is 75.0. The Hall–Kier alpha value is -3.97. The van der Waals surface area contributed by atoms with E-state index in [1.807, 2.05) is 0 Å². The van der Waals surface area contributed by atoms with Gasteiger partial charge in [0.15, 0.2) is 0 Å². The first-order chi connectivity index (χ1) is 19.7. The number of ketones is 1. The lowest BCUT2D eigenvalue weighted by atomic mass is 10.0. The molecule has 0 saturated carbocycles. The third-order valence-electron chi connectivity index (χ3n) is 6.89. The molecule has 0 aromatic heterocycles. The number of carboxylic acids is 1. The first kappa shape index (κ1) is 34.2. The molecule has 3 atom stereocenters. The molecule has 232 valence electrons. The van der Waals surface area contributed by atoms with Gasteiger partial charge >= 0.3 is 12.1 Å². The summed E-state index contributed by atoms with van der Waals surface area (Å²) in [6.45, 7) is 5.15. The van der Waals surface area contributed by atoms with Gasteiger partial charge in [0.25, 0.3) is 17.6 Å². The van der Waals surface area contributed by atoms with E-state index in [0.29, 0.717) is 25.8 Å². The molecule has 14 heteroatoms. The molecule has 1 saturated heterocycles. The van der Waals surface area contributed by atoms with E-state index < -0.39 is 65.6 Å². The predicted molar refractivity (Wildman–Crippen MR) is 144 cm³/mol. The van der Waals surface area contributed by atoms with Crippen LogP contribution in [0.5, 0.6) is 0 Å². The third kappa shape index (κ3) is 9.55. The number of amides is 4. The van der Waals surface area contributed by atoms with Gasteiger partial charge in [0.2, 0.25) is 11.8 Å². The number of alkyl halides is 3. The quantitative estimate of drug-likeness (QED) is 0.239. The number of likely N-dealkylation sites (tertiary alicyclic amines) is 1. The lowest BCUT2D eigenvalue weighted by Crippen LogP contribution is -2.57. The van der Waals surface area contributed by atoms with E-state index in [2.05, 4.69) is 16.0 Å². The van der Waals surface area contributed by atoms with E-state index in [1.165, 1.54) is 36.1 Å². The van der Waals surface area contributed by atoms with Gasteiger partial charge in [-0.25, -0.2) is 0 Å². The number of hydrogen-bond donors (Lipinski definition) is 4. The van der Waals surface area contributed by atoms with Crippen molar-refractivity contribution in [3.05, 3.63) is 35.4 Å². The van der Waals surface area contributed by atoms with Crippen LogP contribution in [0.25, 0.3) is 0 Å². The molecule has 2 rings (SSSR count). The molecule has 1 aliphatic heterocycles. The molecule has 1 aromatic carbocycles. The summed E-state index contributed by atoms with van der Waals surface area (Å²) in [6.07, 6.45) is -3.86. The number of rotatable bonds is 14. The van der Waals surface area contributed by atoms with Crippen molar-refractivity contribution >= 4 is 35.4 Å². The summed E-state index contributed by atoms with van der Waals surface area (Å²) in [6, 6.07) is 1.77. The summed E-state index contributed by atoms with van der Waals surface area (Å²) in [5.74, 6) is -5.84. The Bertz CT molecular complexity index is 1160. The van der Waals surface area contributed by atoms with Crippen LogP contribution in [-0.4, -0.2) is 82.8 Å². The second-order valence-corrected chi connectivity index (χ2v) is 10.4. The molecule has 0 radical (unpaired) electrons. The van der Waals surface area contributed by atoms with Crippen molar-refractivity contribution in [2.24, 2.45) is 5.92 Å². The second-order valence-electron chi connectivity index (χ2n) is 10.4. The smallest absolute Gasteiger partial charge is 0.452 e. The van der Waals surface area contributed by atoms with Gasteiger partial charge in [-0.15, -0.1) is 0 Å². The van der Waals surface area contributed by atoms with E-state index >= 15 is 0 Å². The summed E-state index contributed by atoms with van der Waals surface area (Å²) < 4.78 is 38.7. The molecule has 2 unspecified atom stereocenters. The van der Waals surface area contributed by atoms with Gasteiger partial charge in [0, 0.05) is 30.6 Å². The molecule has 11 nitrogen and oxygen atoms in total. The fraction of sp³-hybridized carbons (Fsp3) is 0.571. The third-order valence-corrected chi connectivity index (χ3v) is 6.89. The highest BCUT2D eigenvalue weighted by Gasteiger charge is 2.45. The van der Waals surface area contributed by atoms with Crippen molar-refractivity contribution < 1.29 is 47.0 Å². The van der Waals surface area contributed by atoms with Gasteiger partial charge in [0.1, 0.15) is 12.1 Å². The SMILES string of the molecule is CCC(NC(=O)[C@@H]1CCCN1C(=O)C(NC(=O)c1ccc(C(=O)NCCCCC(=O)O)cc1)C(C)C)C(=O)C(F)(F)F. The Balaban J connectivity index is 2.04. The van der Waals surface area contributed by atoms with Gasteiger partial charge in [-0.05, 0) is 62.3 Å². The minimum Gasteiger partial charge on any atom is -0.481 e. The number of unbranched alkanes of at least 4 members (excludes halogenated alkanes) is 1. The summed E-state index contributed by atoms with van der Waals surface area (Å²) in [5, 5.41) is 16.1. The van der Waals surface area contributed by atoms with Crippen molar-refractivity contribution in [3.8, 4) is 0 Å². The number of carboxylic acid groups (broad SMARTS) is 1. The molecule has 4 amide bonds. The Morgan fingerprint density at radius 3 is 2.10 bits per heavy atom. The number of carbonyl (C=O) groups excluding carboxylic acids is 5. The minimum atomic E-state index is -5.11. The van der Waals surface area contributed by atoms with E-state index in [0.717, 1.165) is 0 Å². The summed E-state index contributed by atoms with van der Waals surface area (Å²) in [7, 11) is 0. The first-order valence-electron chi connectivity index (χ1n) is 13.8. The average Bonchev–Trinajstić information content (AvgIpc) is 3.43. The molecule has 4 N–H and O–H groups in total. The van der Waals surface area contributed by atoms with Crippen molar-refractivity contribution in [2.75, 3.05) is 13.1 Å². The number of hydrogen-bond acceptors (Lipinski definition) is 6. The van der Waals surface area contributed by atoms with E-state index in [4.69, 9.17) is 5.11 Å². The number of carbonyl (C=O) groups is 6. The Kier molecular flexibility index (Phi) is 12.5. The maximum atomic E-state index is 13.4. The monoisotopic (exact) mass is 598 g/mol. The van der Waals surface area contributed by atoms with Crippen LogP contribution in [0.3, 0.4) is 0 Å². The lowest BCUT2D eigenvalue weighted by Gasteiger charge is -2.31. The highest BCUT2D eigenvalue weighted by molar-refractivity contribution is 6.00. The Morgan fingerprint density at radius 2 is 1.57 bits per heavy atom. The molecular formula is C28H37F3N4O7. The van der Waals surface area contributed by atoms with Crippen LogP contribution < -0.4 is 16.0 Å². The molecule has 1 fully saturated rings. The fourth-order valence-corrected chi connectivity index (χ4v) is 4.52. The molecule has 0 aliphatic carbocycles.